The van der Waals surface area contributed by atoms with E-state index >= 15 is 0 Å². The van der Waals surface area contributed by atoms with E-state index < -0.39 is 0 Å². The predicted molar refractivity (Wildman–Crippen MR) is 52.7 cm³/mol. The van der Waals surface area contributed by atoms with E-state index in [4.69, 9.17) is 14.9 Å². The molecule has 0 aliphatic heterocycles. The van der Waals surface area contributed by atoms with Crippen molar-refractivity contribution in [2.24, 2.45) is 0 Å². The van der Waals surface area contributed by atoms with E-state index in [9.17, 15) is 0 Å². The summed E-state index contributed by atoms with van der Waals surface area (Å²) in [5.74, 6) is 0. The molecule has 0 saturated heterocycles. The number of aliphatic hydroxyl groups is 2. The smallest absolute Gasteiger partial charge is 0.0697 e. The molecule has 0 aromatic heterocycles. The molecule has 80 valence electrons. The number of unbranched alkanes of at least 4 members (excludes halogenated alkanes) is 3. The first-order valence-corrected chi connectivity index (χ1v) is 5.14. The van der Waals surface area contributed by atoms with Gasteiger partial charge in [0.1, 0.15) is 0 Å². The van der Waals surface area contributed by atoms with Crippen molar-refractivity contribution < 1.29 is 14.9 Å². The third-order valence-corrected chi connectivity index (χ3v) is 1.90. The number of ether oxygens (including phenoxy) is 1. The molecule has 0 fully saturated rings. The third kappa shape index (κ3) is 11.9. The molecule has 1 atom stereocenters. The standard InChI is InChI=1S/C10H22O3/c1-10(12)6-4-2-3-5-8-13-9-7-11/h10-12H,2-9H2,1H3. The van der Waals surface area contributed by atoms with Crippen LogP contribution in [0.15, 0.2) is 0 Å². The minimum absolute atomic E-state index is 0.113. The lowest BCUT2D eigenvalue weighted by Gasteiger charge is -2.04. The van der Waals surface area contributed by atoms with E-state index in [0.29, 0.717) is 6.61 Å². The van der Waals surface area contributed by atoms with Crippen molar-refractivity contribution in [3.63, 3.8) is 0 Å². The predicted octanol–water partition coefficient (Wildman–Crippen LogP) is 1.33. The normalized spacial score (nSPS) is 13.2. The van der Waals surface area contributed by atoms with Crippen LogP contribution in [-0.2, 0) is 4.74 Å². The Hall–Kier alpha value is -0.120. The summed E-state index contributed by atoms with van der Waals surface area (Å²) < 4.78 is 5.11. The molecule has 0 aliphatic rings. The Morgan fingerprint density at radius 1 is 1.08 bits per heavy atom. The second-order valence-electron chi connectivity index (χ2n) is 3.39. The summed E-state index contributed by atoms with van der Waals surface area (Å²) in [6.45, 7) is 3.13. The van der Waals surface area contributed by atoms with Crippen LogP contribution in [0.2, 0.25) is 0 Å². The van der Waals surface area contributed by atoms with E-state index in [1.807, 2.05) is 6.92 Å². The zero-order valence-electron chi connectivity index (χ0n) is 8.54. The van der Waals surface area contributed by atoms with Crippen molar-refractivity contribution >= 4 is 0 Å². The fraction of sp³-hybridized carbons (Fsp3) is 1.00. The fourth-order valence-corrected chi connectivity index (χ4v) is 1.16. The highest BCUT2D eigenvalue weighted by Crippen LogP contribution is 2.05. The molecular weight excluding hydrogens is 168 g/mol. The quantitative estimate of drug-likeness (QED) is 0.539. The average molecular weight is 190 g/mol. The van der Waals surface area contributed by atoms with Gasteiger partial charge in [0.05, 0.1) is 19.3 Å². The Bertz CT molecular complexity index is 94.2. The van der Waals surface area contributed by atoms with Crippen LogP contribution in [0.5, 0.6) is 0 Å². The van der Waals surface area contributed by atoms with E-state index in [1.165, 1.54) is 0 Å². The molecule has 0 aromatic carbocycles. The van der Waals surface area contributed by atoms with Crippen LogP contribution in [0.3, 0.4) is 0 Å². The Morgan fingerprint density at radius 2 is 1.77 bits per heavy atom. The van der Waals surface area contributed by atoms with Gasteiger partial charge in [-0.25, -0.2) is 0 Å². The number of hydrogen-bond donors (Lipinski definition) is 2. The monoisotopic (exact) mass is 190 g/mol. The highest BCUT2D eigenvalue weighted by molar-refractivity contribution is 4.48. The SMILES string of the molecule is CC(O)CCCCCCOCCO. The maximum atomic E-state index is 8.97. The second-order valence-corrected chi connectivity index (χ2v) is 3.39. The Balaban J connectivity index is 2.84. The van der Waals surface area contributed by atoms with Gasteiger partial charge in [0.25, 0.3) is 0 Å². The van der Waals surface area contributed by atoms with Crippen molar-refractivity contribution in [3.05, 3.63) is 0 Å². The molecule has 0 heterocycles. The Kier molecular flexibility index (Phi) is 9.87. The van der Waals surface area contributed by atoms with E-state index in [0.717, 1.165) is 38.7 Å². The molecule has 13 heavy (non-hydrogen) atoms. The number of rotatable bonds is 9. The van der Waals surface area contributed by atoms with Gasteiger partial charge < -0.3 is 14.9 Å². The Morgan fingerprint density at radius 3 is 2.38 bits per heavy atom. The summed E-state index contributed by atoms with van der Waals surface area (Å²) >= 11 is 0. The van der Waals surface area contributed by atoms with E-state index in [2.05, 4.69) is 0 Å². The molecule has 0 radical (unpaired) electrons. The lowest BCUT2D eigenvalue weighted by Crippen LogP contribution is -2.01. The summed E-state index contributed by atoms with van der Waals surface area (Å²) in [5, 5.41) is 17.4. The van der Waals surface area contributed by atoms with Crippen molar-refractivity contribution in [2.75, 3.05) is 19.8 Å². The molecule has 0 bridgehead atoms. The molecule has 0 aromatic rings. The molecule has 0 rings (SSSR count). The zero-order chi connectivity index (χ0) is 9.94. The van der Waals surface area contributed by atoms with Crippen molar-refractivity contribution in [1.29, 1.82) is 0 Å². The molecule has 0 aliphatic carbocycles. The van der Waals surface area contributed by atoms with E-state index in [1.54, 1.807) is 0 Å². The van der Waals surface area contributed by atoms with Crippen molar-refractivity contribution in [3.8, 4) is 0 Å². The van der Waals surface area contributed by atoms with Crippen LogP contribution >= 0.6 is 0 Å². The molecular formula is C10H22O3. The van der Waals surface area contributed by atoms with Gasteiger partial charge in [0.15, 0.2) is 0 Å². The highest BCUT2D eigenvalue weighted by atomic mass is 16.5. The molecule has 2 N–H and O–H groups in total. The summed E-state index contributed by atoms with van der Waals surface area (Å²) in [4.78, 5) is 0. The maximum Gasteiger partial charge on any atom is 0.0697 e. The first-order valence-electron chi connectivity index (χ1n) is 5.14. The first kappa shape index (κ1) is 12.9. The summed E-state index contributed by atoms with van der Waals surface area (Å²) in [6.07, 6.45) is 5.20. The molecule has 0 spiro atoms. The summed E-state index contributed by atoms with van der Waals surface area (Å²) in [5.41, 5.74) is 0. The van der Waals surface area contributed by atoms with Crippen LogP contribution in [-0.4, -0.2) is 36.1 Å². The van der Waals surface area contributed by atoms with Crippen LogP contribution in [0, 0.1) is 0 Å². The van der Waals surface area contributed by atoms with Crippen molar-refractivity contribution in [1.82, 2.24) is 0 Å². The number of hydrogen-bond acceptors (Lipinski definition) is 3. The average Bonchev–Trinajstić information content (AvgIpc) is 2.09. The van der Waals surface area contributed by atoms with Gasteiger partial charge in [-0.3, -0.25) is 0 Å². The second kappa shape index (κ2) is 9.96. The highest BCUT2D eigenvalue weighted by Gasteiger charge is 1.95. The zero-order valence-corrected chi connectivity index (χ0v) is 8.54. The maximum absolute atomic E-state index is 8.97. The third-order valence-electron chi connectivity index (χ3n) is 1.90. The van der Waals surface area contributed by atoms with Crippen molar-refractivity contribution in [2.45, 2.75) is 45.1 Å². The van der Waals surface area contributed by atoms with Crippen LogP contribution < -0.4 is 0 Å². The number of aliphatic hydroxyl groups excluding tert-OH is 2. The fourth-order valence-electron chi connectivity index (χ4n) is 1.16. The topological polar surface area (TPSA) is 49.7 Å². The van der Waals surface area contributed by atoms with Gasteiger partial charge in [-0.2, -0.15) is 0 Å². The van der Waals surface area contributed by atoms with Gasteiger partial charge in [-0.15, -0.1) is 0 Å². The van der Waals surface area contributed by atoms with Gasteiger partial charge in [-0.1, -0.05) is 19.3 Å². The van der Waals surface area contributed by atoms with Crippen LogP contribution in [0.1, 0.15) is 39.0 Å². The van der Waals surface area contributed by atoms with Crippen LogP contribution in [0.4, 0.5) is 0 Å². The van der Waals surface area contributed by atoms with Gasteiger partial charge in [-0.05, 0) is 19.8 Å². The lowest BCUT2D eigenvalue weighted by atomic mass is 10.1. The molecule has 0 amide bonds. The molecule has 3 heteroatoms. The summed E-state index contributed by atoms with van der Waals surface area (Å²) in [6, 6.07) is 0. The van der Waals surface area contributed by atoms with Gasteiger partial charge in [0.2, 0.25) is 0 Å². The largest absolute Gasteiger partial charge is 0.394 e. The van der Waals surface area contributed by atoms with Gasteiger partial charge in [0, 0.05) is 6.61 Å². The molecule has 3 nitrogen and oxygen atoms in total. The minimum Gasteiger partial charge on any atom is -0.394 e. The van der Waals surface area contributed by atoms with Crippen LogP contribution in [0.25, 0.3) is 0 Å². The minimum atomic E-state index is -0.161. The Labute approximate surface area is 80.7 Å². The molecule has 1 unspecified atom stereocenters. The van der Waals surface area contributed by atoms with Gasteiger partial charge >= 0.3 is 0 Å². The lowest BCUT2D eigenvalue weighted by molar-refractivity contribution is 0.0893. The molecule has 0 saturated carbocycles. The summed E-state index contributed by atoms with van der Waals surface area (Å²) in [7, 11) is 0. The van der Waals surface area contributed by atoms with E-state index in [-0.39, 0.29) is 12.7 Å². The first-order chi connectivity index (χ1) is 6.27.